The molecule has 93 heavy (non-hydrogen) atoms. The zero-order chi connectivity index (χ0) is 67.9. The van der Waals surface area contributed by atoms with E-state index < -0.39 is 59.3 Å². The zero-order valence-corrected chi connectivity index (χ0v) is 53.3. The van der Waals surface area contributed by atoms with Crippen LogP contribution in [-0.2, 0) is 36.0 Å². The van der Waals surface area contributed by atoms with Gasteiger partial charge in [0, 0.05) is 54.8 Å². The number of carboxylic acids is 1. The molecule has 1 saturated carbocycles. The molecule has 2 aliphatic heterocycles. The number of allylic oxidation sites excluding steroid dienone is 1. The predicted octanol–water partition coefficient (Wildman–Crippen LogP) is 10.0. The van der Waals surface area contributed by atoms with Crippen molar-refractivity contribution in [2.45, 2.75) is 90.5 Å². The van der Waals surface area contributed by atoms with Crippen LogP contribution in [0.15, 0.2) is 77.7 Å². The number of anilines is 1. The molecular formula is C59H70ClF6N11O15S. The van der Waals surface area contributed by atoms with Crippen LogP contribution in [0.2, 0.25) is 5.02 Å². The van der Waals surface area contributed by atoms with Crippen molar-refractivity contribution in [2.75, 3.05) is 79.1 Å². The van der Waals surface area contributed by atoms with Crippen LogP contribution < -0.4 is 33.3 Å². The lowest BCUT2D eigenvalue weighted by Crippen LogP contribution is -2.49. The van der Waals surface area contributed by atoms with Crippen LogP contribution in [0.1, 0.15) is 135 Å². The second-order valence-corrected chi connectivity index (χ2v) is 23.8. The number of nitrogens with one attached hydrogen (secondary N) is 2. The summed E-state index contributed by atoms with van der Waals surface area (Å²) in [6, 6.07) is 11.2. The number of carbonyl (C=O) groups excluding carboxylic acids is 4. The molecule has 4 aromatic heterocycles. The topological polar surface area (TPSA) is 306 Å². The van der Waals surface area contributed by atoms with Crippen LogP contribution in [0, 0.1) is 17.8 Å². The molecule has 4 aliphatic rings. The van der Waals surface area contributed by atoms with Gasteiger partial charge in [-0.25, -0.2) is 37.7 Å². The third kappa shape index (κ3) is 17.4. The molecule has 2 aliphatic carbocycles. The minimum atomic E-state index is -3.80. The maximum atomic E-state index is 14.6. The van der Waals surface area contributed by atoms with Gasteiger partial charge in [0.1, 0.15) is 37.9 Å². The van der Waals surface area contributed by atoms with Gasteiger partial charge in [-0.1, -0.05) is 36.7 Å². The van der Waals surface area contributed by atoms with Crippen molar-refractivity contribution in [3.63, 3.8) is 0 Å². The average molecular weight is 1350 g/mol. The summed E-state index contributed by atoms with van der Waals surface area (Å²) in [6.45, 7) is -1.23. The second-order valence-electron chi connectivity index (χ2n) is 21.4. The number of esters is 2. The number of hydrogen-bond acceptors (Lipinski definition) is 19. The molecule has 2 bridgehead atoms. The van der Waals surface area contributed by atoms with Crippen LogP contribution in [0.25, 0.3) is 0 Å². The Bertz CT molecular complexity index is 3760. The number of rotatable bonds is 15. The number of alkyl halides is 6. The molecule has 2 amide bonds. The van der Waals surface area contributed by atoms with E-state index in [0.29, 0.717) is 71.7 Å². The van der Waals surface area contributed by atoms with Gasteiger partial charge in [0.2, 0.25) is 23.5 Å². The highest BCUT2D eigenvalue weighted by atomic mass is 35.5. The van der Waals surface area contributed by atoms with E-state index in [9.17, 15) is 54.5 Å². The molecule has 6 aromatic rings. The van der Waals surface area contributed by atoms with Crippen molar-refractivity contribution >= 4 is 56.9 Å². The number of carbonyl (C=O) groups is 5. The highest BCUT2D eigenvalue weighted by Crippen LogP contribution is 2.47. The molecule has 1 spiro atoms. The van der Waals surface area contributed by atoms with Crippen LogP contribution in [-0.4, -0.2) is 159 Å². The number of nitrogens with zero attached hydrogens (tertiary/aromatic N) is 9. The number of benzene rings is 2. The molecule has 34 heteroatoms. The van der Waals surface area contributed by atoms with E-state index in [1.165, 1.54) is 38.7 Å². The summed E-state index contributed by atoms with van der Waals surface area (Å²) in [5.41, 5.74) is 2.49. The third-order valence-electron chi connectivity index (χ3n) is 15.3. The Labute approximate surface area is 535 Å². The smallest absolute Gasteiger partial charge is 0.345 e. The summed E-state index contributed by atoms with van der Waals surface area (Å²) in [5.74, 6) is -4.13. The Balaban J connectivity index is 0.000000245. The Morgan fingerprint density at radius 2 is 1.42 bits per heavy atom. The van der Waals surface area contributed by atoms with Crippen LogP contribution in [0.5, 0.6) is 29.3 Å². The van der Waals surface area contributed by atoms with Gasteiger partial charge in [0.15, 0.2) is 0 Å². The molecule has 3 N–H and O–H groups in total. The van der Waals surface area contributed by atoms with E-state index in [-0.39, 0.29) is 85.0 Å². The molecule has 0 radical (unpaired) electrons. The summed E-state index contributed by atoms with van der Waals surface area (Å²) in [4.78, 5) is 62.6. The first-order valence-electron chi connectivity index (χ1n) is 28.9. The Kier molecular flexibility index (Phi) is 24.7. The summed E-state index contributed by atoms with van der Waals surface area (Å²) in [7, 11) is 2.94. The fourth-order valence-corrected chi connectivity index (χ4v) is 13.0. The highest BCUT2D eigenvalue weighted by Gasteiger charge is 2.45. The highest BCUT2D eigenvalue weighted by molar-refractivity contribution is 7.92. The van der Waals surface area contributed by atoms with Gasteiger partial charge < -0.3 is 47.9 Å². The summed E-state index contributed by atoms with van der Waals surface area (Å²) in [6.07, 6.45) is 13.0. The molecule has 6 heterocycles. The average Bonchev–Trinajstić information content (AvgIpc) is 1.73. The summed E-state index contributed by atoms with van der Waals surface area (Å²) < 4.78 is 138. The second kappa shape index (κ2) is 32.1. The third-order valence-corrected chi connectivity index (χ3v) is 17.5. The Morgan fingerprint density at radius 1 is 0.817 bits per heavy atom. The lowest BCUT2D eigenvalue weighted by Gasteiger charge is -2.46. The Morgan fingerprint density at radius 3 is 1.98 bits per heavy atom. The predicted molar refractivity (Wildman–Crippen MR) is 321 cm³/mol. The Hall–Kier alpha value is -8.85. The molecular weight excluding hydrogens is 1280 g/mol. The number of fused-ring (bicyclic) bond motifs is 4. The van der Waals surface area contributed by atoms with Crippen molar-refractivity contribution < 1.29 is 97.5 Å². The van der Waals surface area contributed by atoms with Crippen LogP contribution >= 0.6 is 11.6 Å². The number of methoxy groups -OCH3 is 5. The number of aromatic carboxylic acids is 1. The maximum Gasteiger partial charge on any atom is 0.345 e. The van der Waals surface area contributed by atoms with E-state index in [0.717, 1.165) is 57.3 Å². The van der Waals surface area contributed by atoms with Crippen molar-refractivity contribution in [1.82, 2.24) is 44.3 Å². The van der Waals surface area contributed by atoms with Gasteiger partial charge in [-0.3, -0.25) is 14.3 Å². The van der Waals surface area contributed by atoms with Gasteiger partial charge in [-0.2, -0.15) is 31.4 Å². The minimum Gasteiger partial charge on any atom is -0.490 e. The molecule has 1 unspecified atom stereocenters. The van der Waals surface area contributed by atoms with Crippen molar-refractivity contribution in [2.24, 2.45) is 22.1 Å². The first kappa shape index (κ1) is 71.6. The van der Waals surface area contributed by atoms with Crippen LogP contribution in [0.4, 0.5) is 32.0 Å². The lowest BCUT2D eigenvalue weighted by molar-refractivity contribution is 0.0131. The molecule has 26 nitrogen and oxygen atoms in total. The fourth-order valence-electron chi connectivity index (χ4n) is 10.9. The number of ether oxygens (including phenoxy) is 8. The number of aromatic nitrogens is 8. The molecule has 1 fully saturated rings. The molecule has 6 atom stereocenters. The monoisotopic (exact) mass is 1350 g/mol. The molecule has 0 saturated heterocycles. The van der Waals surface area contributed by atoms with E-state index in [2.05, 4.69) is 65.8 Å². The largest absolute Gasteiger partial charge is 0.490 e. The number of halogens is 7. The van der Waals surface area contributed by atoms with Crippen molar-refractivity contribution in [1.29, 1.82) is 0 Å². The van der Waals surface area contributed by atoms with E-state index in [4.69, 9.17) is 40.4 Å². The number of hydrogen-bond donors (Lipinski definition) is 3. The quantitative estimate of drug-likeness (QED) is 0.0489. The van der Waals surface area contributed by atoms with Gasteiger partial charge >= 0.3 is 37.6 Å². The molecule has 10 rings (SSSR count). The fraction of sp³-hybridized carbons (Fsp3) is 0.475. The summed E-state index contributed by atoms with van der Waals surface area (Å²) in [5, 5.41) is 25.6. The van der Waals surface area contributed by atoms with E-state index in [1.54, 1.807) is 39.2 Å². The zero-order valence-electron chi connectivity index (χ0n) is 51.7. The van der Waals surface area contributed by atoms with Crippen LogP contribution in [0.3, 0.4) is 0 Å². The molecule has 506 valence electrons. The summed E-state index contributed by atoms with van der Waals surface area (Å²) >= 11 is 6.44. The van der Waals surface area contributed by atoms with Gasteiger partial charge in [-0.05, 0) is 112 Å². The first-order chi connectivity index (χ1) is 44.3. The van der Waals surface area contributed by atoms with Gasteiger partial charge in [-0.15, -0.1) is 19.7 Å². The van der Waals surface area contributed by atoms with E-state index in [1.807, 2.05) is 25.1 Å². The standard InChI is InChI=1S/C38H44ClF2N5O6S.C8H10F2N2O3.C7H10N2O3.C6H6F2N2O3/c1-23-6-4-8-32(50-2)28-12-9-26(28)18-45-21-38(15-5-7-24-16-27(39)11-13-30(24)38)22-52-33-14-10-25(17-31(33)45)34(47)43-53(49,20-23)44-35(48)29-19-46(37(40)41)42-36(29)51-3;1-3-15-7(13)5-4-12(8(9)10)11-6(5)14-2;1-3-12-7(10)5-4-8-9-6(5)11-2;1-13-4-3(5(11)12)2-10(9-4)6(7)8/h4,8,10-11,13-14,16-17,19,23,26,28,32,37H,5-7,9,12,15,18,20-22H2,1-3H3,(H,43,44,47,48,49);4,8H,3H2,1-2H3;4H,3H2,1-2H3,(H,8,9);2,6H,1H3,(H,11,12)/b8-4+;;;/t23-,26-,28+,32-,38-,53?;;;/m0.../s1. The molecule has 2 aromatic carbocycles. The lowest BCUT2D eigenvalue weighted by atomic mass is 9.68. The normalized spacial score (nSPS) is 21.0. The van der Waals surface area contributed by atoms with Crippen molar-refractivity contribution in [3.8, 4) is 29.3 Å². The van der Waals surface area contributed by atoms with Crippen molar-refractivity contribution in [3.05, 3.63) is 117 Å². The number of amides is 2. The number of H-pyrrole nitrogens is 1. The van der Waals surface area contributed by atoms with Gasteiger partial charge in [0.05, 0.1) is 72.0 Å². The minimum absolute atomic E-state index is 0.111. The number of aryl methyl sites for hydroxylation is 1. The van der Waals surface area contributed by atoms with Gasteiger partial charge in [0.25, 0.3) is 11.8 Å². The first-order valence-corrected chi connectivity index (χ1v) is 30.9. The number of carboxylic acid groups (broad SMARTS) is 1. The number of aromatic amines is 1. The van der Waals surface area contributed by atoms with E-state index >= 15 is 0 Å². The SMILES string of the molecule is CCOC(=O)c1cn(C(F)F)nc1OC.CCOC(=O)c1cn[nH]c1OC.COc1nn(C(F)F)cc1C(=O)NS1(=O)=NC(=O)c2ccc3c(c2)N(C[C@@H]2CC[C@H]2[C@@H](OC)/C=C/C[C@H](C)C1)C[C@@]1(CCCc2cc(Cl)ccc21)CO3.COc1nn(C(F)F)cc1C(=O)O. The maximum absolute atomic E-state index is 14.6.